The number of hydrogen-bond acceptors (Lipinski definition) is 4. The number of halogens is 1. The van der Waals surface area contributed by atoms with E-state index in [0.717, 1.165) is 11.6 Å². The van der Waals surface area contributed by atoms with Gasteiger partial charge < -0.3 is 10.4 Å². The molecule has 1 amide bonds. The predicted octanol–water partition coefficient (Wildman–Crippen LogP) is 3.55. The van der Waals surface area contributed by atoms with Crippen molar-refractivity contribution in [1.82, 2.24) is 0 Å². The van der Waals surface area contributed by atoms with Crippen LogP contribution in [0.2, 0.25) is 5.02 Å². The third-order valence-electron chi connectivity index (χ3n) is 3.06. The highest BCUT2D eigenvalue weighted by Gasteiger charge is 2.15. The van der Waals surface area contributed by atoms with Crippen LogP contribution in [0.4, 0.5) is 11.4 Å². The Morgan fingerprint density at radius 3 is 2.41 bits per heavy atom. The van der Waals surface area contributed by atoms with Gasteiger partial charge in [0.25, 0.3) is 11.6 Å². The maximum absolute atomic E-state index is 12.1. The number of nitro groups is 1. The maximum atomic E-state index is 12.1. The number of nitrogens with one attached hydrogen (secondary N) is 1. The van der Waals surface area contributed by atoms with E-state index >= 15 is 0 Å². The third-order valence-corrected chi connectivity index (χ3v) is 3.37. The first kappa shape index (κ1) is 15.9. The van der Waals surface area contributed by atoms with Crippen molar-refractivity contribution >= 4 is 28.9 Å². The minimum atomic E-state index is -0.589. The monoisotopic (exact) mass is 320 g/mol. The van der Waals surface area contributed by atoms with Crippen LogP contribution in [0, 0.1) is 10.1 Å². The van der Waals surface area contributed by atoms with Crippen LogP contribution in [0.3, 0.4) is 0 Å². The molecule has 0 saturated heterocycles. The Bertz CT molecular complexity index is 714. The highest BCUT2D eigenvalue weighted by atomic mass is 35.5. The van der Waals surface area contributed by atoms with Crippen molar-refractivity contribution in [2.24, 2.45) is 0 Å². The van der Waals surface area contributed by atoms with Crippen molar-refractivity contribution in [2.45, 2.75) is 13.0 Å². The summed E-state index contributed by atoms with van der Waals surface area (Å²) in [4.78, 5) is 22.2. The quantitative estimate of drug-likeness (QED) is 0.665. The molecule has 0 spiro atoms. The number of aliphatic hydroxyl groups excluding tert-OH is 1. The van der Waals surface area contributed by atoms with Crippen LogP contribution in [0.25, 0.3) is 0 Å². The molecule has 7 heteroatoms. The van der Waals surface area contributed by atoms with Crippen LogP contribution < -0.4 is 5.32 Å². The van der Waals surface area contributed by atoms with E-state index in [0.29, 0.717) is 5.69 Å². The molecule has 0 aliphatic rings. The summed E-state index contributed by atoms with van der Waals surface area (Å²) in [5, 5.41) is 22.7. The van der Waals surface area contributed by atoms with Crippen LogP contribution in [-0.4, -0.2) is 15.9 Å². The number of benzene rings is 2. The number of amides is 1. The van der Waals surface area contributed by atoms with E-state index in [9.17, 15) is 20.0 Å². The average molecular weight is 321 g/mol. The van der Waals surface area contributed by atoms with Gasteiger partial charge in [-0.3, -0.25) is 14.9 Å². The summed E-state index contributed by atoms with van der Waals surface area (Å²) in [6.45, 7) is 1.64. The van der Waals surface area contributed by atoms with Gasteiger partial charge in [-0.15, -0.1) is 0 Å². The smallest absolute Gasteiger partial charge is 0.270 e. The fourth-order valence-corrected chi connectivity index (χ4v) is 2.11. The summed E-state index contributed by atoms with van der Waals surface area (Å²) >= 11 is 5.90. The highest BCUT2D eigenvalue weighted by Crippen LogP contribution is 2.23. The minimum absolute atomic E-state index is 0.00676. The maximum Gasteiger partial charge on any atom is 0.270 e. The minimum Gasteiger partial charge on any atom is -0.389 e. The fourth-order valence-electron chi connectivity index (χ4n) is 1.85. The summed E-state index contributed by atoms with van der Waals surface area (Å²) in [7, 11) is 0. The number of carbonyl (C=O) groups excluding carboxylic acids is 1. The first-order chi connectivity index (χ1) is 10.4. The molecule has 0 saturated carbocycles. The van der Waals surface area contributed by atoms with E-state index < -0.39 is 16.9 Å². The Hall–Kier alpha value is -2.44. The van der Waals surface area contributed by atoms with Gasteiger partial charge in [0.2, 0.25) is 0 Å². The molecule has 2 aromatic rings. The molecule has 0 heterocycles. The number of anilines is 1. The van der Waals surface area contributed by atoms with Gasteiger partial charge in [0.15, 0.2) is 0 Å². The lowest BCUT2D eigenvalue weighted by Crippen LogP contribution is -2.12. The van der Waals surface area contributed by atoms with Gasteiger partial charge in [0.05, 0.1) is 21.6 Å². The van der Waals surface area contributed by atoms with Crippen molar-refractivity contribution < 1.29 is 14.8 Å². The number of hydrogen-bond donors (Lipinski definition) is 2. The van der Waals surface area contributed by atoms with Crippen LogP contribution in [0.15, 0.2) is 42.5 Å². The molecule has 0 fully saturated rings. The Morgan fingerprint density at radius 2 is 1.91 bits per heavy atom. The summed E-state index contributed by atoms with van der Waals surface area (Å²) in [5.41, 5.74) is 1.23. The van der Waals surface area contributed by atoms with Crippen molar-refractivity contribution in [3.63, 3.8) is 0 Å². The lowest BCUT2D eigenvalue weighted by molar-refractivity contribution is -0.384. The summed E-state index contributed by atoms with van der Waals surface area (Å²) in [6.07, 6.45) is -0.589. The van der Waals surface area contributed by atoms with Crippen LogP contribution >= 0.6 is 11.6 Å². The first-order valence-corrected chi connectivity index (χ1v) is 6.79. The number of non-ortho nitro benzene ring substituents is 1. The van der Waals surface area contributed by atoms with Gasteiger partial charge in [-0.25, -0.2) is 0 Å². The topological polar surface area (TPSA) is 92.5 Å². The molecular formula is C15H13ClN2O4. The number of rotatable bonds is 4. The predicted molar refractivity (Wildman–Crippen MR) is 83.1 cm³/mol. The fraction of sp³-hybridized carbons (Fsp3) is 0.133. The molecule has 1 unspecified atom stereocenters. The number of nitrogens with zero attached hydrogens (tertiary/aromatic N) is 1. The number of carbonyl (C=O) groups is 1. The van der Waals surface area contributed by atoms with Gasteiger partial charge in [0.1, 0.15) is 0 Å². The van der Waals surface area contributed by atoms with Gasteiger partial charge in [-0.2, -0.15) is 0 Å². The summed E-state index contributed by atoms with van der Waals surface area (Å²) < 4.78 is 0. The Kier molecular flexibility index (Phi) is 4.75. The van der Waals surface area contributed by atoms with Crippen molar-refractivity contribution in [3.8, 4) is 0 Å². The van der Waals surface area contributed by atoms with E-state index in [1.54, 1.807) is 31.2 Å². The second-order valence-electron chi connectivity index (χ2n) is 4.67. The third kappa shape index (κ3) is 3.60. The zero-order valence-electron chi connectivity index (χ0n) is 11.6. The zero-order chi connectivity index (χ0) is 16.3. The lowest BCUT2D eigenvalue weighted by atomic mass is 10.1. The second-order valence-corrected chi connectivity index (χ2v) is 5.08. The highest BCUT2D eigenvalue weighted by molar-refractivity contribution is 6.34. The molecule has 0 aliphatic carbocycles. The molecular weight excluding hydrogens is 308 g/mol. The number of aliphatic hydroxyl groups is 1. The van der Waals surface area contributed by atoms with E-state index in [-0.39, 0.29) is 16.3 Å². The van der Waals surface area contributed by atoms with Crippen LogP contribution in [0.1, 0.15) is 28.9 Å². The van der Waals surface area contributed by atoms with Gasteiger partial charge >= 0.3 is 0 Å². The van der Waals surface area contributed by atoms with Crippen LogP contribution in [-0.2, 0) is 0 Å². The molecule has 2 aromatic carbocycles. The molecule has 22 heavy (non-hydrogen) atoms. The number of nitro benzene ring substituents is 1. The SMILES string of the molecule is CC(O)c1ccc(NC(=O)c2ccc([N+](=O)[O-])cc2Cl)cc1. The molecule has 0 bridgehead atoms. The molecule has 2 rings (SSSR count). The second kappa shape index (κ2) is 6.55. The van der Waals surface area contributed by atoms with Crippen molar-refractivity contribution in [1.29, 1.82) is 0 Å². The molecule has 2 N–H and O–H groups in total. The first-order valence-electron chi connectivity index (χ1n) is 6.42. The lowest BCUT2D eigenvalue weighted by Gasteiger charge is -2.09. The van der Waals surface area contributed by atoms with E-state index in [2.05, 4.69) is 5.32 Å². The van der Waals surface area contributed by atoms with Gasteiger partial charge in [0, 0.05) is 17.8 Å². The largest absolute Gasteiger partial charge is 0.389 e. The summed E-state index contributed by atoms with van der Waals surface area (Å²) in [6, 6.07) is 10.3. The standard InChI is InChI=1S/C15H13ClN2O4/c1-9(19)10-2-4-11(5-3-10)17-15(20)13-7-6-12(18(21)22)8-14(13)16/h2-9,19H,1H3,(H,17,20). The Morgan fingerprint density at radius 1 is 1.27 bits per heavy atom. The molecule has 0 aliphatic heterocycles. The summed E-state index contributed by atoms with van der Waals surface area (Å²) in [5.74, 6) is -0.468. The van der Waals surface area contributed by atoms with Gasteiger partial charge in [-0.1, -0.05) is 23.7 Å². The molecule has 1 atom stereocenters. The average Bonchev–Trinajstić information content (AvgIpc) is 2.47. The molecule has 0 radical (unpaired) electrons. The van der Waals surface area contributed by atoms with Gasteiger partial charge in [-0.05, 0) is 30.7 Å². The van der Waals surface area contributed by atoms with Crippen molar-refractivity contribution in [2.75, 3.05) is 5.32 Å². The zero-order valence-corrected chi connectivity index (χ0v) is 12.4. The Labute approximate surface area is 131 Å². The molecule has 0 aromatic heterocycles. The molecule has 114 valence electrons. The molecule has 6 nitrogen and oxygen atoms in total. The van der Waals surface area contributed by atoms with Crippen LogP contribution in [0.5, 0.6) is 0 Å². The normalized spacial score (nSPS) is 11.8. The van der Waals surface area contributed by atoms with E-state index in [1.165, 1.54) is 12.1 Å². The van der Waals surface area contributed by atoms with E-state index in [1.807, 2.05) is 0 Å². The van der Waals surface area contributed by atoms with E-state index in [4.69, 9.17) is 11.6 Å². The Balaban J connectivity index is 2.17. The van der Waals surface area contributed by atoms with Crippen molar-refractivity contribution in [3.05, 3.63) is 68.7 Å².